The minimum atomic E-state index is -1.04. The number of nitrogens with zero attached hydrogens (tertiary/aromatic N) is 1. The molecule has 2 aromatic rings. The van der Waals surface area contributed by atoms with Crippen molar-refractivity contribution in [2.24, 2.45) is 5.10 Å². The predicted octanol–water partition coefficient (Wildman–Crippen LogP) is 3.70. The molecule has 0 amide bonds. The number of nitrogens with one attached hydrogen (secondary N) is 2. The van der Waals surface area contributed by atoms with Crippen LogP contribution < -0.4 is 10.7 Å². The average molecular weight is 418 g/mol. The van der Waals surface area contributed by atoms with E-state index in [0.717, 1.165) is 5.56 Å². The highest BCUT2D eigenvalue weighted by atomic mass is 35.5. The molecule has 1 heterocycles. The summed E-state index contributed by atoms with van der Waals surface area (Å²) in [7, 11) is 0. The van der Waals surface area contributed by atoms with Gasteiger partial charge in [0.05, 0.1) is 26.2 Å². The molecule has 2 rings (SSSR count). The lowest BCUT2D eigenvalue weighted by atomic mass is 10.1. The van der Waals surface area contributed by atoms with Crippen molar-refractivity contribution in [1.29, 1.82) is 0 Å². The maximum absolute atomic E-state index is 10.5. The fraction of sp³-hybridized carbons (Fsp3) is 0.133. The summed E-state index contributed by atoms with van der Waals surface area (Å²) in [5, 5.41) is 28.2. The standard InChI is InChI=1S/C15H13Cl2N3O3S2/c1-7(19-20-15(24)18-5-12(21)22)9-6-25-14(13(9)23)8-2-3-10(16)11(17)4-8/h2-4,6,23H,5H2,1H3,(H,21,22)(H2,18,20,24). The molecule has 10 heteroatoms. The molecule has 4 N–H and O–H groups in total. The Balaban J connectivity index is 2.16. The normalized spacial score (nSPS) is 11.2. The van der Waals surface area contributed by atoms with Gasteiger partial charge in [-0.3, -0.25) is 10.2 Å². The average Bonchev–Trinajstić information content (AvgIpc) is 2.95. The van der Waals surface area contributed by atoms with Crippen LogP contribution in [0.15, 0.2) is 28.7 Å². The molecule has 0 aliphatic heterocycles. The molecule has 6 nitrogen and oxygen atoms in total. The second kappa shape index (κ2) is 8.48. The quantitative estimate of drug-likeness (QED) is 0.336. The Morgan fingerprint density at radius 2 is 2.08 bits per heavy atom. The molecule has 0 saturated carbocycles. The summed E-state index contributed by atoms with van der Waals surface area (Å²) < 4.78 is 0. The monoisotopic (exact) mass is 417 g/mol. The van der Waals surface area contributed by atoms with Gasteiger partial charge in [-0.05, 0) is 36.8 Å². The lowest BCUT2D eigenvalue weighted by Crippen LogP contribution is -2.36. The Labute approximate surface area is 163 Å². The molecule has 0 aliphatic rings. The lowest BCUT2D eigenvalue weighted by molar-refractivity contribution is -0.135. The highest BCUT2D eigenvalue weighted by Gasteiger charge is 2.15. The van der Waals surface area contributed by atoms with Crippen LogP contribution in [0.25, 0.3) is 10.4 Å². The molecule has 0 unspecified atom stereocenters. The van der Waals surface area contributed by atoms with Crippen LogP contribution in [0.5, 0.6) is 5.75 Å². The van der Waals surface area contributed by atoms with E-state index in [4.69, 9.17) is 40.5 Å². The Bertz CT molecular complexity index is 853. The first-order valence-electron chi connectivity index (χ1n) is 6.85. The Hall–Kier alpha value is -1.87. The topological polar surface area (TPSA) is 94.0 Å². The third kappa shape index (κ3) is 5.05. The maximum atomic E-state index is 10.5. The number of thiocarbonyl (C=S) groups is 1. The number of aromatic hydroxyl groups is 1. The van der Waals surface area contributed by atoms with Gasteiger partial charge in [0, 0.05) is 5.38 Å². The summed E-state index contributed by atoms with van der Waals surface area (Å²) in [5.41, 5.74) is 4.28. The number of thiophene rings is 1. The Morgan fingerprint density at radius 3 is 2.72 bits per heavy atom. The van der Waals surface area contributed by atoms with Crippen LogP contribution in [0.4, 0.5) is 0 Å². The third-order valence-corrected chi connectivity index (χ3v) is 5.05. The summed E-state index contributed by atoms with van der Waals surface area (Å²) in [5.74, 6) is -0.970. The number of carbonyl (C=O) groups is 1. The molecule has 0 aliphatic carbocycles. The van der Waals surface area contributed by atoms with E-state index in [-0.39, 0.29) is 17.4 Å². The molecule has 25 heavy (non-hydrogen) atoms. The van der Waals surface area contributed by atoms with Gasteiger partial charge in [0.1, 0.15) is 12.3 Å². The van der Waals surface area contributed by atoms with Crippen LogP contribution >= 0.6 is 46.8 Å². The molecular formula is C15H13Cl2N3O3S2. The lowest BCUT2D eigenvalue weighted by Gasteiger charge is -2.06. The van der Waals surface area contributed by atoms with E-state index in [9.17, 15) is 9.90 Å². The SMILES string of the molecule is CC(=NNC(=S)NCC(=O)O)c1csc(-c2ccc(Cl)c(Cl)c2)c1O. The molecule has 0 radical (unpaired) electrons. The van der Waals surface area contributed by atoms with Gasteiger partial charge in [-0.15, -0.1) is 11.3 Å². The van der Waals surface area contributed by atoms with Crippen molar-refractivity contribution in [3.05, 3.63) is 39.2 Å². The van der Waals surface area contributed by atoms with E-state index in [2.05, 4.69) is 15.8 Å². The van der Waals surface area contributed by atoms with E-state index in [1.54, 1.807) is 30.5 Å². The van der Waals surface area contributed by atoms with Gasteiger partial charge in [-0.1, -0.05) is 29.3 Å². The van der Waals surface area contributed by atoms with Gasteiger partial charge in [0.2, 0.25) is 0 Å². The van der Waals surface area contributed by atoms with Crippen molar-refractivity contribution in [2.75, 3.05) is 6.54 Å². The van der Waals surface area contributed by atoms with Crippen molar-refractivity contribution in [2.45, 2.75) is 6.92 Å². The minimum Gasteiger partial charge on any atom is -0.506 e. The smallest absolute Gasteiger partial charge is 0.322 e. The maximum Gasteiger partial charge on any atom is 0.322 e. The van der Waals surface area contributed by atoms with E-state index < -0.39 is 5.97 Å². The molecule has 1 aromatic heterocycles. The van der Waals surface area contributed by atoms with Crippen LogP contribution in [-0.4, -0.2) is 33.6 Å². The fourth-order valence-corrected chi connectivity index (χ4v) is 3.26. The number of hydrogen-bond donors (Lipinski definition) is 4. The first kappa shape index (κ1) is 19.5. The molecular weight excluding hydrogens is 405 g/mol. The Morgan fingerprint density at radius 1 is 1.36 bits per heavy atom. The number of aliphatic carboxylic acids is 1. The molecule has 0 fully saturated rings. The second-order valence-corrected chi connectivity index (χ2v) is 6.94. The summed E-state index contributed by atoms with van der Waals surface area (Å²) in [4.78, 5) is 11.1. The highest BCUT2D eigenvalue weighted by molar-refractivity contribution is 7.80. The van der Waals surface area contributed by atoms with E-state index in [1.807, 2.05) is 0 Å². The first-order valence-corrected chi connectivity index (χ1v) is 8.90. The molecule has 0 spiro atoms. The summed E-state index contributed by atoms with van der Waals surface area (Å²) in [6.45, 7) is 1.37. The van der Waals surface area contributed by atoms with Crippen LogP contribution in [0.2, 0.25) is 10.0 Å². The number of hydrogen-bond acceptors (Lipinski definition) is 5. The van der Waals surface area contributed by atoms with E-state index in [0.29, 0.717) is 26.2 Å². The third-order valence-electron chi connectivity index (χ3n) is 3.06. The second-order valence-electron chi connectivity index (χ2n) is 4.84. The van der Waals surface area contributed by atoms with Crippen molar-refractivity contribution >= 4 is 63.5 Å². The summed E-state index contributed by atoms with van der Waals surface area (Å²) in [6.07, 6.45) is 0. The molecule has 132 valence electrons. The first-order chi connectivity index (χ1) is 11.8. The number of benzene rings is 1. The van der Waals surface area contributed by atoms with Gasteiger partial charge >= 0.3 is 5.97 Å². The number of rotatable bonds is 5. The van der Waals surface area contributed by atoms with Gasteiger partial charge in [0.25, 0.3) is 0 Å². The van der Waals surface area contributed by atoms with Crippen molar-refractivity contribution in [1.82, 2.24) is 10.7 Å². The molecule has 1 aromatic carbocycles. The van der Waals surface area contributed by atoms with E-state index >= 15 is 0 Å². The molecule has 0 saturated heterocycles. The number of halogens is 2. The zero-order valence-electron chi connectivity index (χ0n) is 12.8. The summed E-state index contributed by atoms with van der Waals surface area (Å²) in [6, 6.07) is 5.10. The number of carboxylic acid groups (broad SMARTS) is 1. The fourth-order valence-electron chi connectivity index (χ4n) is 1.84. The number of carboxylic acids is 1. The summed E-state index contributed by atoms with van der Waals surface area (Å²) >= 11 is 18.2. The number of hydrazone groups is 1. The van der Waals surface area contributed by atoms with Crippen molar-refractivity contribution in [3.63, 3.8) is 0 Å². The van der Waals surface area contributed by atoms with Gasteiger partial charge < -0.3 is 15.5 Å². The van der Waals surface area contributed by atoms with Crippen molar-refractivity contribution in [3.8, 4) is 16.2 Å². The molecule has 0 bridgehead atoms. The highest BCUT2D eigenvalue weighted by Crippen LogP contribution is 2.40. The van der Waals surface area contributed by atoms with Crippen LogP contribution in [0.1, 0.15) is 12.5 Å². The van der Waals surface area contributed by atoms with Crippen LogP contribution in [-0.2, 0) is 4.79 Å². The van der Waals surface area contributed by atoms with Gasteiger partial charge in [0.15, 0.2) is 5.11 Å². The van der Waals surface area contributed by atoms with Crippen molar-refractivity contribution < 1.29 is 15.0 Å². The molecule has 0 atom stereocenters. The Kier molecular flexibility index (Phi) is 6.60. The van der Waals surface area contributed by atoms with Gasteiger partial charge in [-0.25, -0.2) is 0 Å². The zero-order valence-corrected chi connectivity index (χ0v) is 16.0. The van der Waals surface area contributed by atoms with Crippen LogP contribution in [0, 0.1) is 0 Å². The predicted molar refractivity (Wildman–Crippen MR) is 105 cm³/mol. The van der Waals surface area contributed by atoms with E-state index in [1.165, 1.54) is 11.3 Å². The van der Waals surface area contributed by atoms with Crippen LogP contribution in [0.3, 0.4) is 0 Å². The largest absolute Gasteiger partial charge is 0.506 e. The zero-order chi connectivity index (χ0) is 18.6. The minimum absolute atomic E-state index is 0.0656. The van der Waals surface area contributed by atoms with Gasteiger partial charge in [-0.2, -0.15) is 5.10 Å².